The zero-order valence-corrected chi connectivity index (χ0v) is 8.61. The van der Waals surface area contributed by atoms with Crippen molar-refractivity contribution in [1.82, 2.24) is 4.98 Å². The molecule has 0 aliphatic carbocycles. The lowest BCUT2D eigenvalue weighted by molar-refractivity contribution is -0.388. The average molecular weight is 240 g/mol. The van der Waals surface area contributed by atoms with Gasteiger partial charge in [-0.1, -0.05) is 0 Å². The van der Waals surface area contributed by atoms with Crippen molar-refractivity contribution in [1.29, 1.82) is 0 Å². The van der Waals surface area contributed by atoms with E-state index in [1.165, 1.54) is 18.3 Å². The van der Waals surface area contributed by atoms with Gasteiger partial charge in [0.25, 0.3) is 0 Å². The molecule has 0 unspecified atom stereocenters. The first-order valence-corrected chi connectivity index (χ1v) is 4.52. The lowest BCUT2D eigenvalue weighted by atomic mass is 10.1. The molecule has 0 N–H and O–H groups in total. The Morgan fingerprint density at radius 3 is 2.71 bits per heavy atom. The summed E-state index contributed by atoms with van der Waals surface area (Å²) in [7, 11) is 1.13. The van der Waals surface area contributed by atoms with E-state index in [-0.39, 0.29) is 16.7 Å². The Labute approximate surface area is 93.8 Å². The van der Waals surface area contributed by atoms with Crippen molar-refractivity contribution in [2.24, 2.45) is 0 Å². The van der Waals surface area contributed by atoms with Crippen LogP contribution in [0.15, 0.2) is 18.3 Å². The minimum Gasteiger partial charge on any atom is -0.489 e. The molecule has 0 saturated carbocycles. The molecule has 1 aromatic carbocycles. The van der Waals surface area contributed by atoms with Gasteiger partial charge in [0.2, 0.25) is 11.6 Å². The number of ether oxygens (including phenoxy) is 1. The summed E-state index contributed by atoms with van der Waals surface area (Å²) in [6.45, 7) is 0. The van der Waals surface area contributed by atoms with Crippen LogP contribution in [0.2, 0.25) is 0 Å². The summed E-state index contributed by atoms with van der Waals surface area (Å²) in [5.74, 6) is -3.24. The number of nitrogens with zero attached hydrogens (tertiary/aromatic N) is 2. The highest BCUT2D eigenvalue weighted by Crippen LogP contribution is 2.38. The Kier molecular flexibility index (Phi) is 2.58. The summed E-state index contributed by atoms with van der Waals surface area (Å²) in [5.41, 5.74) is -1.13. The molecule has 2 rings (SSSR count). The number of halogens is 2. The van der Waals surface area contributed by atoms with Gasteiger partial charge in [-0.2, -0.15) is 4.39 Å². The molecule has 0 atom stereocenters. The third kappa shape index (κ3) is 1.55. The minimum atomic E-state index is -1.55. The fourth-order valence-electron chi connectivity index (χ4n) is 1.55. The number of fused-ring (bicyclic) bond motifs is 1. The van der Waals surface area contributed by atoms with Gasteiger partial charge in [-0.05, 0) is 12.1 Å². The van der Waals surface area contributed by atoms with Gasteiger partial charge in [-0.15, -0.1) is 0 Å². The first-order chi connectivity index (χ1) is 8.07. The highest BCUT2D eigenvalue weighted by atomic mass is 19.2. The highest BCUT2D eigenvalue weighted by Gasteiger charge is 2.29. The van der Waals surface area contributed by atoms with Gasteiger partial charge in [0.1, 0.15) is 5.52 Å². The summed E-state index contributed by atoms with van der Waals surface area (Å²) in [6.07, 6.45) is 1.31. The maximum atomic E-state index is 13.6. The van der Waals surface area contributed by atoms with E-state index >= 15 is 0 Å². The first kappa shape index (κ1) is 11.2. The second-order valence-corrected chi connectivity index (χ2v) is 3.17. The lowest BCUT2D eigenvalue weighted by Crippen LogP contribution is -2.02. The Balaban J connectivity index is 3.00. The quantitative estimate of drug-likeness (QED) is 0.597. The van der Waals surface area contributed by atoms with Gasteiger partial charge in [-0.3, -0.25) is 15.1 Å². The van der Waals surface area contributed by atoms with E-state index in [0.717, 1.165) is 7.11 Å². The molecule has 0 bridgehead atoms. The normalized spacial score (nSPS) is 10.5. The molecule has 0 amide bonds. The topological polar surface area (TPSA) is 65.3 Å². The molecule has 5 nitrogen and oxygen atoms in total. The van der Waals surface area contributed by atoms with Crippen LogP contribution in [0.1, 0.15) is 0 Å². The number of rotatable bonds is 2. The van der Waals surface area contributed by atoms with Gasteiger partial charge in [-0.25, -0.2) is 4.39 Å². The van der Waals surface area contributed by atoms with Gasteiger partial charge < -0.3 is 4.74 Å². The number of pyridine rings is 1. The molecule has 1 aromatic heterocycles. The Bertz CT molecular complexity index is 616. The van der Waals surface area contributed by atoms with Gasteiger partial charge in [0.15, 0.2) is 5.82 Å². The average Bonchev–Trinajstić information content (AvgIpc) is 2.33. The van der Waals surface area contributed by atoms with E-state index in [4.69, 9.17) is 4.74 Å². The minimum absolute atomic E-state index is 0.0828. The number of nitro benzene ring substituents is 1. The number of hydrogen-bond donors (Lipinski definition) is 0. The van der Waals surface area contributed by atoms with Gasteiger partial charge in [0.05, 0.1) is 12.0 Å². The molecular formula is C10H6F2N2O3. The van der Waals surface area contributed by atoms with Crippen molar-refractivity contribution in [2.75, 3.05) is 7.11 Å². The maximum Gasteiger partial charge on any atom is 0.351 e. The molecule has 17 heavy (non-hydrogen) atoms. The van der Waals surface area contributed by atoms with Crippen LogP contribution < -0.4 is 4.74 Å². The lowest BCUT2D eigenvalue weighted by Gasteiger charge is -2.07. The van der Waals surface area contributed by atoms with E-state index < -0.39 is 22.2 Å². The predicted molar refractivity (Wildman–Crippen MR) is 54.9 cm³/mol. The molecule has 0 aliphatic heterocycles. The maximum absolute atomic E-state index is 13.6. The van der Waals surface area contributed by atoms with Crippen LogP contribution in [0.3, 0.4) is 0 Å². The van der Waals surface area contributed by atoms with Crippen LogP contribution in [0, 0.1) is 21.7 Å². The predicted octanol–water partition coefficient (Wildman–Crippen LogP) is 2.43. The van der Waals surface area contributed by atoms with Crippen LogP contribution in [0.4, 0.5) is 14.5 Å². The molecule has 0 spiro atoms. The van der Waals surface area contributed by atoms with Crippen molar-refractivity contribution < 1.29 is 18.4 Å². The van der Waals surface area contributed by atoms with Crippen molar-refractivity contribution >= 4 is 16.6 Å². The monoisotopic (exact) mass is 240 g/mol. The second kappa shape index (κ2) is 3.93. The summed E-state index contributed by atoms with van der Waals surface area (Å²) in [5, 5.41) is 10.5. The van der Waals surface area contributed by atoms with Crippen LogP contribution >= 0.6 is 0 Å². The fourth-order valence-corrected chi connectivity index (χ4v) is 1.55. The number of nitro groups is 1. The van der Waals surface area contributed by atoms with E-state index in [0.29, 0.717) is 0 Å². The third-order valence-electron chi connectivity index (χ3n) is 2.26. The van der Waals surface area contributed by atoms with E-state index in [2.05, 4.69) is 4.98 Å². The number of hydrogen-bond acceptors (Lipinski definition) is 4. The Morgan fingerprint density at radius 1 is 1.41 bits per heavy atom. The zero-order chi connectivity index (χ0) is 12.6. The zero-order valence-electron chi connectivity index (χ0n) is 8.61. The molecule has 7 heteroatoms. The van der Waals surface area contributed by atoms with Crippen LogP contribution in [0.25, 0.3) is 10.9 Å². The van der Waals surface area contributed by atoms with Crippen LogP contribution in [-0.4, -0.2) is 17.0 Å². The number of benzene rings is 1. The highest BCUT2D eigenvalue weighted by molar-refractivity contribution is 5.89. The van der Waals surface area contributed by atoms with Crippen molar-refractivity contribution in [3.05, 3.63) is 40.1 Å². The Hall–Kier alpha value is -2.31. The van der Waals surface area contributed by atoms with Crippen molar-refractivity contribution in [2.45, 2.75) is 0 Å². The molecule has 2 aromatic rings. The SMILES string of the molecule is COc1c([N+](=O)[O-])c(F)c(F)c2cccnc12. The fraction of sp³-hybridized carbons (Fsp3) is 0.100. The van der Waals surface area contributed by atoms with E-state index in [9.17, 15) is 18.9 Å². The molecule has 88 valence electrons. The second-order valence-electron chi connectivity index (χ2n) is 3.17. The molecule has 0 fully saturated rings. The summed E-state index contributed by atoms with van der Waals surface area (Å²) >= 11 is 0. The van der Waals surface area contributed by atoms with Crippen molar-refractivity contribution in [3.63, 3.8) is 0 Å². The van der Waals surface area contributed by atoms with Crippen LogP contribution in [0.5, 0.6) is 5.75 Å². The molecule has 0 radical (unpaired) electrons. The summed E-state index contributed by atoms with van der Waals surface area (Å²) in [6, 6.07) is 2.67. The Morgan fingerprint density at radius 2 is 2.12 bits per heavy atom. The molecule has 1 heterocycles. The largest absolute Gasteiger partial charge is 0.489 e. The molecular weight excluding hydrogens is 234 g/mol. The molecule has 0 saturated heterocycles. The summed E-state index contributed by atoms with van der Waals surface area (Å²) in [4.78, 5) is 13.4. The number of methoxy groups -OCH3 is 1. The first-order valence-electron chi connectivity index (χ1n) is 4.52. The van der Waals surface area contributed by atoms with Crippen LogP contribution in [-0.2, 0) is 0 Å². The standard InChI is InChI=1S/C10H6F2N2O3/c1-17-10-8-5(3-2-4-13-8)6(11)7(12)9(10)14(15)16/h2-4H,1H3. The van der Waals surface area contributed by atoms with Gasteiger partial charge >= 0.3 is 5.69 Å². The third-order valence-corrected chi connectivity index (χ3v) is 2.26. The summed E-state index contributed by atoms with van der Waals surface area (Å²) < 4.78 is 31.8. The van der Waals surface area contributed by atoms with Gasteiger partial charge in [0, 0.05) is 11.6 Å². The van der Waals surface area contributed by atoms with E-state index in [1.54, 1.807) is 0 Å². The smallest absolute Gasteiger partial charge is 0.351 e. The number of aromatic nitrogens is 1. The van der Waals surface area contributed by atoms with E-state index in [1.807, 2.05) is 0 Å². The van der Waals surface area contributed by atoms with Crippen molar-refractivity contribution in [3.8, 4) is 5.75 Å². The molecule has 0 aliphatic rings.